The lowest BCUT2D eigenvalue weighted by molar-refractivity contribution is 0.567. The van der Waals surface area contributed by atoms with Gasteiger partial charge in [-0.1, -0.05) is 24.3 Å². The summed E-state index contributed by atoms with van der Waals surface area (Å²) in [6.45, 7) is 1.70. The highest BCUT2D eigenvalue weighted by atomic mass is 32.2. The molecule has 16 heteroatoms. The first-order chi connectivity index (χ1) is 17.0. The number of H-pyrrole nitrogens is 2. The fraction of sp³-hybridized carbons (Fsp3) is 0.200. The average molecular weight is 533 g/mol. The van der Waals surface area contributed by atoms with Crippen LogP contribution in [0.4, 0.5) is 0 Å². The molecule has 4 rings (SSSR count). The van der Waals surface area contributed by atoms with Gasteiger partial charge >= 0.3 is 0 Å². The molecule has 0 saturated carbocycles. The van der Waals surface area contributed by atoms with Crippen molar-refractivity contribution in [3.8, 4) is 33.8 Å². The second kappa shape index (κ2) is 9.84. The minimum Gasteiger partial charge on any atom is -0.347 e. The van der Waals surface area contributed by atoms with Gasteiger partial charge in [-0.05, 0) is 35.4 Å². The Kier molecular flexibility index (Phi) is 6.98. The van der Waals surface area contributed by atoms with Gasteiger partial charge in [-0.3, -0.25) is 0 Å². The number of aromatic amines is 2. The van der Waals surface area contributed by atoms with E-state index in [1.165, 1.54) is 6.07 Å². The lowest BCUT2D eigenvalue weighted by Crippen LogP contribution is -2.36. The van der Waals surface area contributed by atoms with Gasteiger partial charge < -0.3 is 16.5 Å². The van der Waals surface area contributed by atoms with E-state index >= 15 is 0 Å². The van der Waals surface area contributed by atoms with Crippen LogP contribution in [0.25, 0.3) is 33.8 Å². The summed E-state index contributed by atoms with van der Waals surface area (Å²) in [6.07, 6.45) is 1.69. The minimum absolute atomic E-state index is 0.123. The summed E-state index contributed by atoms with van der Waals surface area (Å²) in [4.78, 5) is 6.15. The monoisotopic (exact) mass is 532 g/mol. The van der Waals surface area contributed by atoms with Crippen LogP contribution in [0.2, 0.25) is 0 Å². The van der Waals surface area contributed by atoms with Crippen LogP contribution in [0, 0.1) is 0 Å². The summed E-state index contributed by atoms with van der Waals surface area (Å²) < 4.78 is 54.1. The van der Waals surface area contributed by atoms with E-state index in [9.17, 15) is 16.8 Å². The van der Waals surface area contributed by atoms with E-state index < -0.39 is 35.9 Å². The number of nitrogens with one attached hydrogen (secondary N) is 3. The smallest absolute Gasteiger partial charge is 0.241 e. The van der Waals surface area contributed by atoms with Crippen molar-refractivity contribution in [3.63, 3.8) is 0 Å². The Balaban J connectivity index is 1.98. The van der Waals surface area contributed by atoms with Crippen LogP contribution in [-0.4, -0.2) is 60.0 Å². The highest BCUT2D eigenvalue weighted by Crippen LogP contribution is 2.39. The molecule has 2 heterocycles. The Hall–Kier alpha value is -3.54. The molecular weight excluding hydrogens is 508 g/mol. The number of benzene rings is 2. The molecule has 1 unspecified atom stereocenters. The number of imidazole rings is 1. The molecule has 190 valence electrons. The molecule has 0 radical (unpaired) electrons. The first kappa shape index (κ1) is 25.5. The number of tetrazole rings is 1. The maximum absolute atomic E-state index is 13.1. The topological polar surface area (TPSA) is 242 Å². The third kappa shape index (κ3) is 5.18. The van der Waals surface area contributed by atoms with Gasteiger partial charge in [-0.2, -0.15) is 5.21 Å². The highest BCUT2D eigenvalue weighted by Gasteiger charge is 2.32. The van der Waals surface area contributed by atoms with E-state index in [4.69, 9.17) is 16.6 Å². The molecule has 2 aromatic heterocycles. The van der Waals surface area contributed by atoms with Crippen molar-refractivity contribution in [2.45, 2.75) is 29.3 Å². The van der Waals surface area contributed by atoms with Gasteiger partial charge in [0.25, 0.3) is 0 Å². The lowest BCUT2D eigenvalue weighted by atomic mass is 9.97. The number of hydrogen-bond acceptors (Lipinski definition) is 10. The molecular formula is C20H24N10O4S2. The van der Waals surface area contributed by atoms with Gasteiger partial charge in [0, 0.05) is 24.3 Å². The molecule has 4 aromatic rings. The predicted molar refractivity (Wildman–Crippen MR) is 131 cm³/mol. The van der Waals surface area contributed by atoms with Gasteiger partial charge in [-0.25, -0.2) is 31.7 Å². The Morgan fingerprint density at radius 1 is 1.11 bits per heavy atom. The standard InChI is InChI=1S/C20H24N10O4S2/c1-11(22)9-25-36(33,34)16-6-5-14(18(19(16)35(23,31)32)20-27-29-30-28-20)12-3-2-4-13(7-12)15-10-24-17(8-21)26-15/h2-7,10-11,25H,8-9,21-22H2,1H3,(H,24,26)(H2,23,31,32)(H,27,28,29,30). The van der Waals surface area contributed by atoms with Crippen LogP contribution in [-0.2, 0) is 26.6 Å². The van der Waals surface area contributed by atoms with Crippen LogP contribution in [0.3, 0.4) is 0 Å². The van der Waals surface area contributed by atoms with Crippen molar-refractivity contribution in [2.24, 2.45) is 16.6 Å². The van der Waals surface area contributed by atoms with E-state index in [2.05, 4.69) is 35.3 Å². The fourth-order valence-electron chi connectivity index (χ4n) is 3.57. The molecule has 0 spiro atoms. The number of nitrogens with two attached hydrogens (primary N) is 3. The molecule has 0 saturated heterocycles. The number of rotatable bonds is 9. The molecule has 0 aliphatic carbocycles. The third-order valence-corrected chi connectivity index (χ3v) is 7.74. The molecule has 0 bridgehead atoms. The first-order valence-electron chi connectivity index (χ1n) is 10.6. The van der Waals surface area contributed by atoms with Crippen LogP contribution >= 0.6 is 0 Å². The zero-order valence-electron chi connectivity index (χ0n) is 19.0. The Labute approximate surface area is 206 Å². The summed E-state index contributed by atoms with van der Waals surface area (Å²) in [5.41, 5.74) is 13.3. The molecule has 2 aromatic carbocycles. The van der Waals surface area contributed by atoms with Crippen molar-refractivity contribution in [3.05, 3.63) is 48.4 Å². The van der Waals surface area contributed by atoms with Crippen LogP contribution in [0.5, 0.6) is 0 Å². The van der Waals surface area contributed by atoms with E-state index in [1.54, 1.807) is 31.3 Å². The van der Waals surface area contributed by atoms with Crippen molar-refractivity contribution in [1.82, 2.24) is 35.3 Å². The first-order valence-corrected chi connectivity index (χ1v) is 13.6. The molecule has 36 heavy (non-hydrogen) atoms. The molecule has 0 fully saturated rings. The normalized spacial score (nSPS) is 13.1. The summed E-state index contributed by atoms with van der Waals surface area (Å²) in [5, 5.41) is 19.1. The molecule has 14 nitrogen and oxygen atoms in total. The second-order valence-corrected chi connectivity index (χ2v) is 11.2. The van der Waals surface area contributed by atoms with Crippen LogP contribution < -0.4 is 21.3 Å². The summed E-state index contributed by atoms with van der Waals surface area (Å²) in [7, 11) is -8.94. The summed E-state index contributed by atoms with van der Waals surface area (Å²) in [5.74, 6) is 0.433. The summed E-state index contributed by atoms with van der Waals surface area (Å²) in [6, 6.07) is 9.13. The quantitative estimate of drug-likeness (QED) is 0.164. The van der Waals surface area contributed by atoms with Crippen molar-refractivity contribution < 1.29 is 16.8 Å². The van der Waals surface area contributed by atoms with E-state index in [1.807, 2.05) is 6.07 Å². The fourth-order valence-corrected chi connectivity index (χ4v) is 6.31. The maximum atomic E-state index is 13.1. The second-order valence-electron chi connectivity index (χ2n) is 7.94. The number of nitrogens with zero attached hydrogens (tertiary/aromatic N) is 4. The largest absolute Gasteiger partial charge is 0.347 e. The molecule has 9 N–H and O–H groups in total. The highest BCUT2D eigenvalue weighted by molar-refractivity contribution is 7.92. The molecule has 0 aliphatic heterocycles. The van der Waals surface area contributed by atoms with Crippen LogP contribution in [0.1, 0.15) is 12.7 Å². The van der Waals surface area contributed by atoms with Crippen molar-refractivity contribution in [1.29, 1.82) is 0 Å². The minimum atomic E-state index is -4.61. The van der Waals surface area contributed by atoms with Crippen LogP contribution in [0.15, 0.2) is 52.4 Å². The van der Waals surface area contributed by atoms with Crippen molar-refractivity contribution in [2.75, 3.05) is 6.54 Å². The maximum Gasteiger partial charge on any atom is 0.241 e. The Morgan fingerprint density at radius 3 is 2.47 bits per heavy atom. The number of aromatic nitrogens is 6. The summed E-state index contributed by atoms with van der Waals surface area (Å²) >= 11 is 0. The number of sulfonamides is 2. The average Bonchev–Trinajstić information content (AvgIpc) is 3.54. The van der Waals surface area contributed by atoms with E-state index in [0.29, 0.717) is 28.2 Å². The molecule has 0 aliphatic rings. The van der Waals surface area contributed by atoms with Gasteiger partial charge in [0.05, 0.1) is 17.8 Å². The predicted octanol–water partition coefficient (Wildman–Crippen LogP) is -0.345. The Morgan fingerprint density at radius 2 is 1.86 bits per heavy atom. The van der Waals surface area contributed by atoms with E-state index in [0.717, 1.165) is 6.07 Å². The Bertz CT molecular complexity index is 1600. The zero-order valence-corrected chi connectivity index (χ0v) is 20.6. The SMILES string of the molecule is CC(N)CNS(=O)(=O)c1ccc(-c2cccc(-c3c[nH]c(CN)n3)c2)c(-c2nn[nH]n2)c1S(N)(=O)=O. The van der Waals surface area contributed by atoms with Gasteiger partial charge in [-0.15, -0.1) is 10.2 Å². The van der Waals surface area contributed by atoms with Gasteiger partial charge in [0.2, 0.25) is 25.9 Å². The zero-order chi connectivity index (χ0) is 26.1. The van der Waals surface area contributed by atoms with Gasteiger partial charge in [0.15, 0.2) is 0 Å². The molecule has 1 atom stereocenters. The third-order valence-electron chi connectivity index (χ3n) is 5.15. The number of primary sulfonamides is 1. The lowest BCUT2D eigenvalue weighted by Gasteiger charge is -2.17. The molecule has 0 amide bonds. The van der Waals surface area contributed by atoms with Crippen molar-refractivity contribution >= 4 is 20.0 Å². The van der Waals surface area contributed by atoms with Gasteiger partial charge in [0.1, 0.15) is 15.6 Å². The van der Waals surface area contributed by atoms with E-state index in [-0.39, 0.29) is 24.5 Å². The number of hydrogen-bond donors (Lipinski definition) is 6.